The first-order valence-electron chi connectivity index (χ1n) is 7.34. The molecule has 1 atom stereocenters. The van der Waals surface area contributed by atoms with Gasteiger partial charge in [0.15, 0.2) is 6.10 Å². The van der Waals surface area contributed by atoms with Crippen molar-refractivity contribution in [2.45, 2.75) is 32.9 Å². The van der Waals surface area contributed by atoms with Crippen LogP contribution in [0.5, 0.6) is 5.75 Å². The zero-order chi connectivity index (χ0) is 15.9. The molecule has 0 aliphatic carbocycles. The monoisotopic (exact) mass is 301 g/mol. The molecule has 116 valence electrons. The van der Waals surface area contributed by atoms with Gasteiger partial charge < -0.3 is 10.1 Å². The third-order valence-electron chi connectivity index (χ3n) is 3.30. The number of hydrogen-bond donors (Lipinski definition) is 1. The summed E-state index contributed by atoms with van der Waals surface area (Å²) in [6, 6.07) is 13.6. The van der Waals surface area contributed by atoms with Crippen LogP contribution in [0.3, 0.4) is 0 Å². The molecule has 0 saturated carbocycles. The number of amides is 1. The molecule has 1 N–H and O–H groups in total. The highest BCUT2D eigenvalue weighted by Gasteiger charge is 2.18. The van der Waals surface area contributed by atoms with Crippen LogP contribution in [0.4, 0.5) is 4.39 Å². The number of ether oxygens (including phenoxy) is 1. The van der Waals surface area contributed by atoms with Crippen molar-refractivity contribution in [3.05, 3.63) is 65.5 Å². The highest BCUT2D eigenvalue weighted by molar-refractivity contribution is 5.81. The van der Waals surface area contributed by atoms with Crippen molar-refractivity contribution in [1.29, 1.82) is 0 Å². The molecule has 0 aromatic heterocycles. The van der Waals surface area contributed by atoms with Crippen molar-refractivity contribution in [3.63, 3.8) is 0 Å². The van der Waals surface area contributed by atoms with Crippen LogP contribution in [0.15, 0.2) is 48.5 Å². The average Bonchev–Trinajstić information content (AvgIpc) is 2.52. The Balaban J connectivity index is 1.92. The number of hydrogen-bond acceptors (Lipinski definition) is 2. The number of halogens is 1. The minimum absolute atomic E-state index is 0.173. The van der Waals surface area contributed by atoms with E-state index in [0.29, 0.717) is 18.7 Å². The van der Waals surface area contributed by atoms with E-state index in [1.807, 2.05) is 38.1 Å². The Hall–Kier alpha value is -2.36. The Morgan fingerprint density at radius 2 is 1.95 bits per heavy atom. The van der Waals surface area contributed by atoms with Gasteiger partial charge in [0.05, 0.1) is 0 Å². The van der Waals surface area contributed by atoms with Gasteiger partial charge in [-0.15, -0.1) is 0 Å². The van der Waals surface area contributed by atoms with Gasteiger partial charge in [-0.3, -0.25) is 4.79 Å². The molecule has 0 aliphatic rings. The highest BCUT2D eigenvalue weighted by atomic mass is 19.1. The van der Waals surface area contributed by atoms with E-state index in [2.05, 4.69) is 5.32 Å². The molecule has 2 aromatic rings. The van der Waals surface area contributed by atoms with Gasteiger partial charge in [-0.1, -0.05) is 36.8 Å². The van der Waals surface area contributed by atoms with Gasteiger partial charge in [0.25, 0.3) is 5.91 Å². The van der Waals surface area contributed by atoms with Crippen LogP contribution in [-0.4, -0.2) is 12.0 Å². The Kier molecular flexibility index (Phi) is 5.53. The van der Waals surface area contributed by atoms with Crippen LogP contribution in [0.25, 0.3) is 0 Å². The minimum Gasteiger partial charge on any atom is -0.481 e. The highest BCUT2D eigenvalue weighted by Crippen LogP contribution is 2.14. The molecule has 22 heavy (non-hydrogen) atoms. The van der Waals surface area contributed by atoms with Crippen LogP contribution < -0.4 is 10.1 Å². The number of rotatable bonds is 6. The first kappa shape index (κ1) is 16.0. The Bertz CT molecular complexity index is 625. The van der Waals surface area contributed by atoms with E-state index in [4.69, 9.17) is 4.74 Å². The topological polar surface area (TPSA) is 38.3 Å². The van der Waals surface area contributed by atoms with Gasteiger partial charge in [-0.25, -0.2) is 4.39 Å². The molecule has 0 aliphatic heterocycles. The fraction of sp³-hybridized carbons (Fsp3) is 0.278. The van der Waals surface area contributed by atoms with Crippen LogP contribution >= 0.6 is 0 Å². The third kappa shape index (κ3) is 4.58. The number of aryl methyl sites for hydroxylation is 1. The standard InChI is InChI=1S/C18H20FNO2/c1-3-17(22-16-9-7-15(19)8-10-16)18(21)20-12-14-6-4-5-13(2)11-14/h4-11,17H,3,12H2,1-2H3,(H,20,21). The number of carbonyl (C=O) groups excluding carboxylic acids is 1. The molecule has 0 radical (unpaired) electrons. The van der Waals surface area contributed by atoms with Crippen LogP contribution in [0, 0.1) is 12.7 Å². The van der Waals surface area contributed by atoms with Gasteiger partial charge in [0, 0.05) is 6.54 Å². The molecule has 2 aromatic carbocycles. The van der Waals surface area contributed by atoms with Crippen LogP contribution in [-0.2, 0) is 11.3 Å². The van der Waals surface area contributed by atoms with E-state index in [0.717, 1.165) is 11.1 Å². The summed E-state index contributed by atoms with van der Waals surface area (Å²) in [5, 5.41) is 2.87. The van der Waals surface area contributed by atoms with E-state index in [1.165, 1.54) is 24.3 Å². The lowest BCUT2D eigenvalue weighted by atomic mass is 10.1. The second-order valence-corrected chi connectivity index (χ2v) is 5.18. The zero-order valence-corrected chi connectivity index (χ0v) is 12.8. The smallest absolute Gasteiger partial charge is 0.261 e. The third-order valence-corrected chi connectivity index (χ3v) is 3.30. The maximum Gasteiger partial charge on any atom is 0.261 e. The van der Waals surface area contributed by atoms with E-state index in [9.17, 15) is 9.18 Å². The molecule has 2 rings (SSSR count). The molecule has 3 nitrogen and oxygen atoms in total. The first-order chi connectivity index (χ1) is 10.6. The molecule has 0 heterocycles. The molecule has 0 saturated heterocycles. The summed E-state index contributed by atoms with van der Waals surface area (Å²) < 4.78 is 18.5. The Morgan fingerprint density at radius 3 is 2.59 bits per heavy atom. The lowest BCUT2D eigenvalue weighted by Crippen LogP contribution is -2.37. The van der Waals surface area contributed by atoms with Gasteiger partial charge in [0.2, 0.25) is 0 Å². The summed E-state index contributed by atoms with van der Waals surface area (Å²) >= 11 is 0. The summed E-state index contributed by atoms with van der Waals surface area (Å²) in [6.45, 7) is 4.35. The lowest BCUT2D eigenvalue weighted by molar-refractivity contribution is -0.128. The fourth-order valence-corrected chi connectivity index (χ4v) is 2.12. The quantitative estimate of drug-likeness (QED) is 0.885. The normalized spacial score (nSPS) is 11.8. The number of carbonyl (C=O) groups is 1. The zero-order valence-electron chi connectivity index (χ0n) is 12.8. The van der Waals surface area contributed by atoms with Crippen molar-refractivity contribution in [2.75, 3.05) is 0 Å². The fourth-order valence-electron chi connectivity index (χ4n) is 2.12. The minimum atomic E-state index is -0.588. The van der Waals surface area contributed by atoms with E-state index < -0.39 is 6.10 Å². The van der Waals surface area contributed by atoms with Crippen LogP contribution in [0.1, 0.15) is 24.5 Å². The van der Waals surface area contributed by atoms with Gasteiger partial charge in [-0.05, 0) is 43.2 Å². The van der Waals surface area contributed by atoms with Crippen LogP contribution in [0.2, 0.25) is 0 Å². The molecule has 4 heteroatoms. The molecule has 1 unspecified atom stereocenters. The molecular weight excluding hydrogens is 281 g/mol. The van der Waals surface area contributed by atoms with E-state index >= 15 is 0 Å². The summed E-state index contributed by atoms with van der Waals surface area (Å²) in [5.74, 6) is -0.0171. The Labute approximate surface area is 130 Å². The predicted octanol–water partition coefficient (Wildman–Crippen LogP) is 3.61. The average molecular weight is 301 g/mol. The van der Waals surface area contributed by atoms with Crippen molar-refractivity contribution in [2.24, 2.45) is 0 Å². The summed E-state index contributed by atoms with van der Waals surface area (Å²) in [6.07, 6.45) is -0.0490. The second-order valence-electron chi connectivity index (χ2n) is 5.18. The van der Waals surface area contributed by atoms with Gasteiger partial charge in [-0.2, -0.15) is 0 Å². The maximum atomic E-state index is 12.9. The largest absolute Gasteiger partial charge is 0.481 e. The number of nitrogens with one attached hydrogen (secondary N) is 1. The maximum absolute atomic E-state index is 12.9. The first-order valence-corrected chi connectivity index (χ1v) is 7.34. The van der Waals surface area contributed by atoms with Gasteiger partial charge in [0.1, 0.15) is 11.6 Å². The Morgan fingerprint density at radius 1 is 1.23 bits per heavy atom. The molecule has 0 fully saturated rings. The van der Waals surface area contributed by atoms with Crippen molar-refractivity contribution >= 4 is 5.91 Å². The van der Waals surface area contributed by atoms with Crippen molar-refractivity contribution in [1.82, 2.24) is 5.32 Å². The summed E-state index contributed by atoms with van der Waals surface area (Å²) in [5.41, 5.74) is 2.20. The van der Waals surface area contributed by atoms with E-state index in [-0.39, 0.29) is 11.7 Å². The summed E-state index contributed by atoms with van der Waals surface area (Å²) in [7, 11) is 0. The summed E-state index contributed by atoms with van der Waals surface area (Å²) in [4.78, 5) is 12.2. The predicted molar refractivity (Wildman–Crippen MR) is 84.1 cm³/mol. The second kappa shape index (κ2) is 7.59. The molecular formula is C18H20FNO2. The SMILES string of the molecule is CCC(Oc1ccc(F)cc1)C(=O)NCc1cccc(C)c1. The number of benzene rings is 2. The molecule has 1 amide bonds. The lowest BCUT2D eigenvalue weighted by Gasteiger charge is -2.17. The van der Waals surface area contributed by atoms with Gasteiger partial charge >= 0.3 is 0 Å². The molecule has 0 bridgehead atoms. The molecule has 0 spiro atoms. The van der Waals surface area contributed by atoms with E-state index in [1.54, 1.807) is 0 Å². The van der Waals surface area contributed by atoms with Crippen molar-refractivity contribution < 1.29 is 13.9 Å². The van der Waals surface area contributed by atoms with Crippen molar-refractivity contribution in [3.8, 4) is 5.75 Å².